The van der Waals surface area contributed by atoms with Crippen LogP contribution < -0.4 is 5.32 Å². The maximum atomic E-state index is 12.8. The van der Waals surface area contributed by atoms with Crippen LogP contribution in [0.5, 0.6) is 0 Å². The number of amides is 1. The van der Waals surface area contributed by atoms with Crippen molar-refractivity contribution in [2.45, 2.75) is 31.7 Å². The zero-order valence-corrected chi connectivity index (χ0v) is 14.3. The van der Waals surface area contributed by atoms with Gasteiger partial charge in [-0.3, -0.25) is 4.79 Å². The lowest BCUT2D eigenvalue weighted by molar-refractivity contribution is 0.0702. The molecule has 0 radical (unpaired) electrons. The Kier molecular flexibility index (Phi) is 4.87. The number of piperidine rings is 1. The number of nitrogens with one attached hydrogen (secondary N) is 1. The summed E-state index contributed by atoms with van der Waals surface area (Å²) in [6.07, 6.45) is 4.57. The van der Waals surface area contributed by atoms with Crippen LogP contribution in [-0.2, 0) is 0 Å². The Bertz CT molecular complexity index is 527. The third kappa shape index (κ3) is 3.79. The van der Waals surface area contributed by atoms with Crippen molar-refractivity contribution in [3.05, 3.63) is 33.3 Å². The fourth-order valence-corrected chi connectivity index (χ4v) is 3.70. The van der Waals surface area contributed by atoms with Gasteiger partial charge in [0.1, 0.15) is 0 Å². The minimum absolute atomic E-state index is 0.0912. The normalized spacial score (nSPS) is 19.5. The molecule has 1 aromatic carbocycles. The van der Waals surface area contributed by atoms with Gasteiger partial charge in [0.2, 0.25) is 0 Å². The van der Waals surface area contributed by atoms with E-state index in [0.717, 1.165) is 49.8 Å². The third-order valence-electron chi connectivity index (χ3n) is 4.32. The molecular formula is C16H20BrClN2O. The van der Waals surface area contributed by atoms with Crippen LogP contribution in [0.15, 0.2) is 22.7 Å². The Balaban J connectivity index is 1.75. The van der Waals surface area contributed by atoms with Crippen molar-refractivity contribution in [1.82, 2.24) is 10.2 Å². The van der Waals surface area contributed by atoms with Crippen molar-refractivity contribution in [3.63, 3.8) is 0 Å². The van der Waals surface area contributed by atoms with E-state index in [-0.39, 0.29) is 5.91 Å². The molecule has 1 N–H and O–H groups in total. The van der Waals surface area contributed by atoms with E-state index >= 15 is 0 Å². The molecule has 0 atom stereocenters. The van der Waals surface area contributed by atoms with E-state index in [1.807, 2.05) is 12.1 Å². The maximum Gasteiger partial charge on any atom is 0.255 e. The molecule has 1 aromatic rings. The molecule has 1 aliphatic carbocycles. The van der Waals surface area contributed by atoms with E-state index in [1.165, 1.54) is 0 Å². The van der Waals surface area contributed by atoms with Gasteiger partial charge in [0, 0.05) is 17.1 Å². The predicted molar refractivity (Wildman–Crippen MR) is 88.8 cm³/mol. The quantitative estimate of drug-likeness (QED) is 0.875. The predicted octanol–water partition coefficient (Wildman–Crippen LogP) is 3.71. The van der Waals surface area contributed by atoms with Crippen LogP contribution in [0.25, 0.3) is 0 Å². The van der Waals surface area contributed by atoms with Crippen LogP contribution in [0.2, 0.25) is 5.02 Å². The summed E-state index contributed by atoms with van der Waals surface area (Å²) >= 11 is 9.64. The molecule has 114 valence electrons. The maximum absolute atomic E-state index is 12.8. The summed E-state index contributed by atoms with van der Waals surface area (Å²) < 4.78 is 0.903. The van der Waals surface area contributed by atoms with E-state index in [1.54, 1.807) is 6.07 Å². The fourth-order valence-electron chi connectivity index (χ4n) is 2.94. The highest BCUT2D eigenvalue weighted by Gasteiger charge is 2.35. The first-order chi connectivity index (χ1) is 10.1. The lowest BCUT2D eigenvalue weighted by Gasteiger charge is -2.30. The van der Waals surface area contributed by atoms with Gasteiger partial charge in [0.15, 0.2) is 0 Å². The summed E-state index contributed by atoms with van der Waals surface area (Å²) in [5.41, 5.74) is 0.626. The van der Waals surface area contributed by atoms with Gasteiger partial charge >= 0.3 is 0 Å². The number of carbonyl (C=O) groups excluding carboxylic acids is 1. The molecule has 1 saturated heterocycles. The monoisotopic (exact) mass is 370 g/mol. The summed E-state index contributed by atoms with van der Waals surface area (Å²) in [4.78, 5) is 14.9. The second-order valence-electron chi connectivity index (χ2n) is 6.01. The minimum atomic E-state index is 0.0912. The van der Waals surface area contributed by atoms with E-state index in [2.05, 4.69) is 26.1 Å². The second-order valence-corrected chi connectivity index (χ2v) is 7.33. The molecule has 1 aliphatic heterocycles. The first kappa shape index (κ1) is 15.3. The average molecular weight is 372 g/mol. The summed E-state index contributed by atoms with van der Waals surface area (Å²) in [6.45, 7) is 3.00. The van der Waals surface area contributed by atoms with Crippen LogP contribution >= 0.6 is 27.5 Å². The van der Waals surface area contributed by atoms with Crippen molar-refractivity contribution in [1.29, 1.82) is 0 Å². The Morgan fingerprint density at radius 2 is 2.00 bits per heavy atom. The highest BCUT2D eigenvalue weighted by atomic mass is 79.9. The highest BCUT2D eigenvalue weighted by molar-refractivity contribution is 9.10. The van der Waals surface area contributed by atoms with Gasteiger partial charge in [0.05, 0.1) is 10.6 Å². The van der Waals surface area contributed by atoms with E-state index in [4.69, 9.17) is 11.6 Å². The number of hydrogen-bond donors (Lipinski definition) is 1. The number of nitrogens with zero attached hydrogens (tertiary/aromatic N) is 1. The van der Waals surface area contributed by atoms with Crippen molar-refractivity contribution < 1.29 is 4.79 Å². The molecule has 5 heteroatoms. The number of hydrogen-bond acceptors (Lipinski definition) is 2. The van der Waals surface area contributed by atoms with Crippen molar-refractivity contribution in [2.24, 2.45) is 5.92 Å². The largest absolute Gasteiger partial charge is 0.335 e. The minimum Gasteiger partial charge on any atom is -0.335 e. The van der Waals surface area contributed by atoms with Crippen LogP contribution in [0.1, 0.15) is 36.0 Å². The molecule has 0 bridgehead atoms. The average Bonchev–Trinajstić information content (AvgIpc) is 3.30. The van der Waals surface area contributed by atoms with Crippen molar-refractivity contribution in [2.75, 3.05) is 19.6 Å². The Hall–Kier alpha value is -0.580. The number of benzene rings is 1. The number of rotatable bonds is 4. The topological polar surface area (TPSA) is 32.3 Å². The van der Waals surface area contributed by atoms with Crippen LogP contribution in [0.3, 0.4) is 0 Å². The van der Waals surface area contributed by atoms with Gasteiger partial charge in [-0.25, -0.2) is 0 Å². The Morgan fingerprint density at radius 1 is 1.29 bits per heavy atom. The third-order valence-corrected chi connectivity index (χ3v) is 5.13. The molecule has 0 aromatic heterocycles. The molecule has 3 nitrogen and oxygen atoms in total. The SMILES string of the molecule is O=C(c1ccc(Br)cc1Cl)N(CC1CCNCC1)C1CC1. The van der Waals surface area contributed by atoms with Crippen LogP contribution in [0, 0.1) is 5.92 Å². The van der Waals surface area contributed by atoms with Crippen molar-refractivity contribution >= 4 is 33.4 Å². The molecule has 0 spiro atoms. The molecule has 21 heavy (non-hydrogen) atoms. The van der Waals surface area contributed by atoms with Crippen molar-refractivity contribution in [3.8, 4) is 0 Å². The molecule has 2 aliphatic rings. The zero-order chi connectivity index (χ0) is 14.8. The molecule has 1 amide bonds. The van der Waals surface area contributed by atoms with Crippen LogP contribution in [0.4, 0.5) is 0 Å². The van der Waals surface area contributed by atoms with E-state index < -0.39 is 0 Å². The first-order valence-corrected chi connectivity index (χ1v) is 8.79. The molecule has 3 rings (SSSR count). The fraction of sp³-hybridized carbons (Fsp3) is 0.562. The molecular weight excluding hydrogens is 352 g/mol. The van der Waals surface area contributed by atoms with E-state index in [0.29, 0.717) is 22.5 Å². The second kappa shape index (κ2) is 6.67. The Labute approximate surface area is 139 Å². The summed E-state index contributed by atoms with van der Waals surface area (Å²) in [5.74, 6) is 0.707. The molecule has 1 saturated carbocycles. The molecule has 1 heterocycles. The number of halogens is 2. The van der Waals surface area contributed by atoms with E-state index in [9.17, 15) is 4.79 Å². The molecule has 2 fully saturated rings. The standard InChI is InChI=1S/C16H20BrClN2O/c17-12-1-4-14(15(18)9-12)16(21)20(13-2-3-13)10-11-5-7-19-8-6-11/h1,4,9,11,13,19H,2-3,5-8,10H2. The molecule has 0 unspecified atom stereocenters. The summed E-state index contributed by atoms with van der Waals surface area (Å²) in [7, 11) is 0. The Morgan fingerprint density at radius 3 is 2.62 bits per heavy atom. The van der Waals surface area contributed by atoms with Gasteiger partial charge in [-0.2, -0.15) is 0 Å². The summed E-state index contributed by atoms with van der Waals surface area (Å²) in [5, 5.41) is 3.91. The smallest absolute Gasteiger partial charge is 0.255 e. The lowest BCUT2D eigenvalue weighted by atomic mass is 9.97. The van der Waals surface area contributed by atoms with Gasteiger partial charge in [0.25, 0.3) is 5.91 Å². The van der Waals surface area contributed by atoms with Gasteiger partial charge in [-0.15, -0.1) is 0 Å². The van der Waals surface area contributed by atoms with Crippen LogP contribution in [-0.4, -0.2) is 36.5 Å². The van der Waals surface area contributed by atoms with Gasteiger partial charge in [-0.1, -0.05) is 27.5 Å². The highest BCUT2D eigenvalue weighted by Crippen LogP contribution is 2.32. The van der Waals surface area contributed by atoms with Gasteiger partial charge in [-0.05, 0) is 62.9 Å². The number of carbonyl (C=O) groups is 1. The lowest BCUT2D eigenvalue weighted by Crippen LogP contribution is -2.40. The first-order valence-electron chi connectivity index (χ1n) is 7.62. The summed E-state index contributed by atoms with van der Waals surface area (Å²) in [6, 6.07) is 5.93. The zero-order valence-electron chi connectivity index (χ0n) is 11.9. The van der Waals surface area contributed by atoms with Gasteiger partial charge < -0.3 is 10.2 Å².